The zero-order valence-corrected chi connectivity index (χ0v) is 21.0. The Morgan fingerprint density at radius 2 is 0.875 bits per heavy atom. The van der Waals surface area contributed by atoms with Gasteiger partial charge in [-0.15, -0.1) is 32.9 Å². The monoisotopic (exact) mass is 496 g/mol. The third kappa shape index (κ3) is 18.0. The number of unbranched alkanes of at least 4 members (excludes halogenated alkanes) is 3. The van der Waals surface area contributed by atoms with E-state index in [0.29, 0.717) is 51.4 Å². The maximum atomic E-state index is 9.50. The predicted molar refractivity (Wildman–Crippen MR) is 138 cm³/mol. The zero-order valence-electron chi connectivity index (χ0n) is 19.4. The van der Waals surface area contributed by atoms with E-state index in [0.717, 1.165) is 18.2 Å². The molecule has 0 aromatic rings. The van der Waals surface area contributed by atoms with E-state index in [1.165, 1.54) is 0 Å². The normalized spacial score (nSPS) is 9.41. The Bertz CT molecular complexity index is 632. The number of hydrogen-bond acceptors (Lipinski definition) is 4. The van der Waals surface area contributed by atoms with Gasteiger partial charge in [-0.3, -0.25) is 0 Å². The molecule has 0 fully saturated rings. The van der Waals surface area contributed by atoms with Crippen LogP contribution in [0.2, 0.25) is 0 Å². The summed E-state index contributed by atoms with van der Waals surface area (Å²) in [5, 5.41) is 36.0. The third-order valence-electron chi connectivity index (χ3n) is 4.63. The second kappa shape index (κ2) is 24.4. The number of halogens is 1. The fourth-order valence-electron chi connectivity index (χ4n) is 2.86. The Balaban J connectivity index is -0.000000575. The van der Waals surface area contributed by atoms with Crippen LogP contribution in [0.3, 0.4) is 0 Å². The van der Waals surface area contributed by atoms with Gasteiger partial charge in [0, 0.05) is 18.2 Å². The molecule has 0 saturated heterocycles. The first-order chi connectivity index (χ1) is 15.4. The maximum Gasteiger partial charge on any atom is 0.0696 e. The van der Waals surface area contributed by atoms with Crippen molar-refractivity contribution < 1.29 is 0 Å². The van der Waals surface area contributed by atoms with Crippen molar-refractivity contribution in [2.24, 2.45) is 10.8 Å². The summed E-state index contributed by atoms with van der Waals surface area (Å²) in [6, 6.07) is 8.82. The molecule has 0 radical (unpaired) electrons. The molecule has 4 nitrogen and oxygen atoms in total. The molecule has 32 heavy (non-hydrogen) atoms. The first-order valence-electron chi connectivity index (χ1n) is 10.6. The van der Waals surface area contributed by atoms with Crippen LogP contribution >= 0.6 is 15.9 Å². The number of allylic oxidation sites excluding steroid dienone is 5. The van der Waals surface area contributed by atoms with Gasteiger partial charge >= 0.3 is 0 Å². The van der Waals surface area contributed by atoms with Crippen molar-refractivity contribution in [2.45, 2.75) is 64.2 Å². The highest BCUT2D eigenvalue weighted by molar-refractivity contribution is 9.09. The lowest BCUT2D eigenvalue weighted by Crippen LogP contribution is -2.24. The molecular weight excluding hydrogens is 460 g/mol. The van der Waals surface area contributed by atoms with Gasteiger partial charge < -0.3 is 0 Å². The van der Waals surface area contributed by atoms with Gasteiger partial charge in [-0.25, -0.2) is 0 Å². The molecule has 0 aromatic carbocycles. The van der Waals surface area contributed by atoms with Crippen molar-refractivity contribution in [3.8, 4) is 24.3 Å². The molecule has 0 aromatic heterocycles. The van der Waals surface area contributed by atoms with Crippen LogP contribution in [0.4, 0.5) is 0 Å². The molecule has 0 saturated carbocycles. The standard InChI is InChI=1S/C18H24N2.C6H8N2.C3H5Br/c1-5-9-17(15-19,10-6-2)13-14-18(16-20,11-7-3)12-8-4;7-5-3-1-2-4-6-8;1-2-3-4/h5-8H,1-4,9-14H2;1-4H2;2H,1,3H2. The molecule has 0 bridgehead atoms. The van der Waals surface area contributed by atoms with Gasteiger partial charge in [-0.2, -0.15) is 21.0 Å². The van der Waals surface area contributed by atoms with Crippen LogP contribution in [0.25, 0.3) is 0 Å². The van der Waals surface area contributed by atoms with Crippen molar-refractivity contribution in [3.63, 3.8) is 0 Å². The highest BCUT2D eigenvalue weighted by Gasteiger charge is 2.34. The van der Waals surface area contributed by atoms with E-state index in [-0.39, 0.29) is 0 Å². The molecule has 5 heteroatoms. The summed E-state index contributed by atoms with van der Waals surface area (Å²) < 4.78 is 0. The van der Waals surface area contributed by atoms with Gasteiger partial charge in [-0.1, -0.05) is 46.3 Å². The van der Waals surface area contributed by atoms with Crippen molar-refractivity contribution in [1.29, 1.82) is 21.0 Å². The number of rotatable bonds is 15. The average molecular weight is 498 g/mol. The number of hydrogen-bond donors (Lipinski definition) is 0. The van der Waals surface area contributed by atoms with E-state index < -0.39 is 10.8 Å². The molecule has 0 aliphatic heterocycles. The zero-order chi connectivity index (χ0) is 25.1. The van der Waals surface area contributed by atoms with Gasteiger partial charge in [0.25, 0.3) is 0 Å². The van der Waals surface area contributed by atoms with Crippen molar-refractivity contribution in [3.05, 3.63) is 63.3 Å². The van der Waals surface area contributed by atoms with Gasteiger partial charge in [0.05, 0.1) is 35.1 Å². The minimum Gasteiger partial charge on any atom is -0.198 e. The second-order valence-corrected chi connectivity index (χ2v) is 7.87. The molecular formula is C27H37BrN4. The number of nitrogens with zero attached hydrogens (tertiary/aromatic N) is 4. The van der Waals surface area contributed by atoms with Crippen molar-refractivity contribution in [1.82, 2.24) is 0 Å². The van der Waals surface area contributed by atoms with Crippen LogP contribution in [0.1, 0.15) is 64.2 Å². The minimum absolute atomic E-state index is 0.506. The fourth-order valence-corrected chi connectivity index (χ4v) is 2.86. The SMILES string of the molecule is C=CCBr.C=CCC(C#N)(CC=C)CCC(C#N)(CC=C)CC=C.N#CCCCCC#N. The number of nitriles is 4. The summed E-state index contributed by atoms with van der Waals surface area (Å²) in [5.74, 6) is 0. The van der Waals surface area contributed by atoms with E-state index >= 15 is 0 Å². The molecule has 0 amide bonds. The first-order valence-corrected chi connectivity index (χ1v) is 11.7. The average Bonchev–Trinajstić information content (AvgIpc) is 2.81. The van der Waals surface area contributed by atoms with Crippen LogP contribution in [0.15, 0.2) is 63.3 Å². The van der Waals surface area contributed by atoms with Crippen LogP contribution in [-0.4, -0.2) is 5.33 Å². The molecule has 0 aliphatic carbocycles. The topological polar surface area (TPSA) is 95.2 Å². The van der Waals surface area contributed by atoms with Crippen LogP contribution in [-0.2, 0) is 0 Å². The Hall–Kier alpha value is -2.86. The van der Waals surface area contributed by atoms with E-state index in [2.05, 4.69) is 61.0 Å². The van der Waals surface area contributed by atoms with Gasteiger partial charge in [-0.05, 0) is 51.4 Å². The molecule has 0 rings (SSSR count). The summed E-state index contributed by atoms with van der Waals surface area (Å²) in [6.07, 6.45) is 15.5. The molecule has 0 atom stereocenters. The van der Waals surface area contributed by atoms with Gasteiger partial charge in [0.2, 0.25) is 0 Å². The van der Waals surface area contributed by atoms with Gasteiger partial charge in [0.1, 0.15) is 0 Å². The molecule has 0 spiro atoms. The summed E-state index contributed by atoms with van der Waals surface area (Å²) in [7, 11) is 0. The Morgan fingerprint density at radius 1 is 0.594 bits per heavy atom. The van der Waals surface area contributed by atoms with E-state index in [9.17, 15) is 10.5 Å². The Morgan fingerprint density at radius 3 is 1.03 bits per heavy atom. The Kier molecular flexibility index (Phi) is 25.8. The first kappa shape index (κ1) is 33.8. The summed E-state index contributed by atoms with van der Waals surface area (Å²) in [6.45, 7) is 18.4. The van der Waals surface area contributed by atoms with Crippen molar-refractivity contribution in [2.75, 3.05) is 5.33 Å². The third-order valence-corrected chi connectivity index (χ3v) is 5.09. The minimum atomic E-state index is -0.506. The molecule has 0 aliphatic rings. The summed E-state index contributed by atoms with van der Waals surface area (Å²) in [4.78, 5) is 0. The predicted octanol–water partition coefficient (Wildman–Crippen LogP) is 8.25. The van der Waals surface area contributed by atoms with Crippen LogP contribution in [0.5, 0.6) is 0 Å². The molecule has 0 unspecified atom stereocenters. The fraction of sp³-hybridized carbons (Fsp3) is 0.481. The lowest BCUT2D eigenvalue weighted by Gasteiger charge is -2.30. The highest BCUT2D eigenvalue weighted by Crippen LogP contribution is 2.40. The van der Waals surface area contributed by atoms with E-state index in [1.54, 1.807) is 30.4 Å². The smallest absolute Gasteiger partial charge is 0.0696 e. The molecule has 0 heterocycles. The number of alkyl halides is 1. The second-order valence-electron chi connectivity index (χ2n) is 7.22. The van der Waals surface area contributed by atoms with Crippen LogP contribution < -0.4 is 0 Å². The quantitative estimate of drug-likeness (QED) is 0.129. The van der Waals surface area contributed by atoms with Crippen LogP contribution in [0, 0.1) is 56.2 Å². The summed E-state index contributed by atoms with van der Waals surface area (Å²) in [5.41, 5.74) is -1.01. The van der Waals surface area contributed by atoms with Gasteiger partial charge in [0.15, 0.2) is 0 Å². The largest absolute Gasteiger partial charge is 0.198 e. The van der Waals surface area contributed by atoms with Crippen molar-refractivity contribution >= 4 is 15.9 Å². The lowest BCUT2D eigenvalue weighted by atomic mass is 9.71. The Labute approximate surface area is 204 Å². The molecule has 0 N–H and O–H groups in total. The maximum absolute atomic E-state index is 9.50. The lowest BCUT2D eigenvalue weighted by molar-refractivity contribution is 0.275. The highest BCUT2D eigenvalue weighted by atomic mass is 79.9. The molecule has 172 valence electrons. The van der Waals surface area contributed by atoms with E-state index in [1.807, 2.05) is 12.1 Å². The van der Waals surface area contributed by atoms with E-state index in [4.69, 9.17) is 10.5 Å². The summed E-state index contributed by atoms with van der Waals surface area (Å²) >= 11 is 3.13.